The summed E-state index contributed by atoms with van der Waals surface area (Å²) < 4.78 is 14.5. The van der Waals surface area contributed by atoms with Gasteiger partial charge in [0.1, 0.15) is 5.82 Å². The van der Waals surface area contributed by atoms with Crippen molar-refractivity contribution in [1.29, 1.82) is 0 Å². The molecule has 1 amide bonds. The highest BCUT2D eigenvalue weighted by Gasteiger charge is 2.27. The standard InChI is InChI=1S/C16H19FN4O.ClH/c17-12-4-6-13(7-5-12)21-10-8-15(19-21)16(22)20-9-2-1-3-14(20)11-18;/h4-8,10,14H,1-3,9,11,18H2;1H. The van der Waals surface area contributed by atoms with Crippen LogP contribution >= 0.6 is 12.4 Å². The van der Waals surface area contributed by atoms with Crippen molar-refractivity contribution < 1.29 is 9.18 Å². The van der Waals surface area contributed by atoms with Crippen molar-refractivity contribution in [2.24, 2.45) is 5.73 Å². The van der Waals surface area contributed by atoms with Gasteiger partial charge in [-0.05, 0) is 49.6 Å². The van der Waals surface area contributed by atoms with Crippen LogP contribution in [0.1, 0.15) is 29.8 Å². The topological polar surface area (TPSA) is 64.2 Å². The van der Waals surface area contributed by atoms with Gasteiger partial charge in [0.25, 0.3) is 5.91 Å². The van der Waals surface area contributed by atoms with Gasteiger partial charge in [0, 0.05) is 25.3 Å². The molecule has 1 aromatic heterocycles. The van der Waals surface area contributed by atoms with Crippen LogP contribution in [0.25, 0.3) is 5.69 Å². The second kappa shape index (κ2) is 7.57. The summed E-state index contributed by atoms with van der Waals surface area (Å²) in [4.78, 5) is 14.4. The lowest BCUT2D eigenvalue weighted by molar-refractivity contribution is 0.0617. The first-order chi connectivity index (χ1) is 10.7. The summed E-state index contributed by atoms with van der Waals surface area (Å²) in [5, 5.41) is 4.32. The smallest absolute Gasteiger partial charge is 0.274 e. The van der Waals surface area contributed by atoms with Crippen LogP contribution in [0.15, 0.2) is 36.5 Å². The number of amides is 1. The van der Waals surface area contributed by atoms with Crippen molar-refractivity contribution >= 4 is 18.3 Å². The third kappa shape index (κ3) is 3.71. The molecular weight excluding hydrogens is 319 g/mol. The van der Waals surface area contributed by atoms with Crippen LogP contribution in [0.2, 0.25) is 0 Å². The zero-order valence-electron chi connectivity index (χ0n) is 12.7. The molecule has 2 aromatic rings. The van der Waals surface area contributed by atoms with Gasteiger partial charge < -0.3 is 10.6 Å². The average molecular weight is 339 g/mol. The third-order valence-corrected chi connectivity index (χ3v) is 4.06. The molecule has 0 saturated carbocycles. The van der Waals surface area contributed by atoms with Gasteiger partial charge in [-0.3, -0.25) is 4.79 Å². The highest BCUT2D eigenvalue weighted by Crippen LogP contribution is 2.19. The van der Waals surface area contributed by atoms with Gasteiger partial charge in [-0.15, -0.1) is 12.4 Å². The van der Waals surface area contributed by atoms with Gasteiger partial charge in [-0.25, -0.2) is 9.07 Å². The monoisotopic (exact) mass is 338 g/mol. The van der Waals surface area contributed by atoms with Crippen molar-refractivity contribution in [3.05, 3.63) is 48.0 Å². The van der Waals surface area contributed by atoms with Gasteiger partial charge in [0.15, 0.2) is 5.69 Å². The molecule has 3 rings (SSSR count). The quantitative estimate of drug-likeness (QED) is 0.934. The van der Waals surface area contributed by atoms with Crippen molar-refractivity contribution in [2.45, 2.75) is 25.3 Å². The van der Waals surface area contributed by atoms with Gasteiger partial charge in [-0.2, -0.15) is 5.10 Å². The Kier molecular flexibility index (Phi) is 5.74. The van der Waals surface area contributed by atoms with E-state index in [0.29, 0.717) is 12.2 Å². The van der Waals surface area contributed by atoms with Gasteiger partial charge in [-0.1, -0.05) is 0 Å². The van der Waals surface area contributed by atoms with E-state index in [1.165, 1.54) is 12.1 Å². The van der Waals surface area contributed by atoms with Gasteiger partial charge in [0.05, 0.1) is 5.69 Å². The fraction of sp³-hybridized carbons (Fsp3) is 0.375. The summed E-state index contributed by atoms with van der Waals surface area (Å²) >= 11 is 0. The first kappa shape index (κ1) is 17.4. The molecule has 1 aliphatic rings. The molecule has 1 atom stereocenters. The maximum Gasteiger partial charge on any atom is 0.274 e. The summed E-state index contributed by atoms with van der Waals surface area (Å²) in [5.41, 5.74) is 6.88. The molecular formula is C16H20ClFN4O. The fourth-order valence-electron chi connectivity index (χ4n) is 2.84. The molecule has 0 aliphatic carbocycles. The fourth-order valence-corrected chi connectivity index (χ4v) is 2.84. The largest absolute Gasteiger partial charge is 0.333 e. The van der Waals surface area contributed by atoms with Gasteiger partial charge >= 0.3 is 0 Å². The minimum atomic E-state index is -0.300. The summed E-state index contributed by atoms with van der Waals surface area (Å²) in [6.45, 7) is 1.20. The molecule has 1 fully saturated rings. The zero-order valence-corrected chi connectivity index (χ0v) is 13.5. The van der Waals surface area contributed by atoms with Crippen LogP contribution < -0.4 is 5.73 Å². The molecule has 1 aliphatic heterocycles. The number of carbonyl (C=O) groups excluding carboxylic acids is 1. The normalized spacial score (nSPS) is 17.7. The molecule has 5 nitrogen and oxygen atoms in total. The van der Waals surface area contributed by atoms with Crippen molar-refractivity contribution in [1.82, 2.24) is 14.7 Å². The Hall–Kier alpha value is -1.92. The third-order valence-electron chi connectivity index (χ3n) is 4.06. The molecule has 1 unspecified atom stereocenters. The minimum absolute atomic E-state index is 0. The van der Waals surface area contributed by atoms with E-state index in [4.69, 9.17) is 5.73 Å². The lowest BCUT2D eigenvalue weighted by Crippen LogP contribution is -2.47. The van der Waals surface area contributed by atoms with Crippen LogP contribution in [0.5, 0.6) is 0 Å². The molecule has 124 valence electrons. The number of piperidine rings is 1. The number of rotatable bonds is 3. The van der Waals surface area contributed by atoms with Crippen LogP contribution in [-0.2, 0) is 0 Å². The van der Waals surface area contributed by atoms with Crippen molar-refractivity contribution in [3.8, 4) is 5.69 Å². The summed E-state index contributed by atoms with van der Waals surface area (Å²) in [7, 11) is 0. The highest BCUT2D eigenvalue weighted by molar-refractivity contribution is 5.92. The van der Waals surface area contributed by atoms with E-state index >= 15 is 0 Å². The Labute approximate surface area is 140 Å². The summed E-state index contributed by atoms with van der Waals surface area (Å²) in [6, 6.07) is 7.77. The van der Waals surface area contributed by atoms with E-state index in [-0.39, 0.29) is 30.2 Å². The van der Waals surface area contributed by atoms with Crippen molar-refractivity contribution in [2.75, 3.05) is 13.1 Å². The number of carbonyl (C=O) groups is 1. The Morgan fingerprint density at radius 1 is 1.26 bits per heavy atom. The number of hydrogen-bond donors (Lipinski definition) is 1. The van der Waals surface area contributed by atoms with Crippen LogP contribution in [0.4, 0.5) is 4.39 Å². The second-order valence-electron chi connectivity index (χ2n) is 5.51. The maximum atomic E-state index is 13.0. The van der Waals surface area contributed by atoms with Crippen LogP contribution in [0.3, 0.4) is 0 Å². The first-order valence-corrected chi connectivity index (χ1v) is 7.51. The van der Waals surface area contributed by atoms with E-state index < -0.39 is 0 Å². The Morgan fingerprint density at radius 2 is 2.00 bits per heavy atom. The number of hydrogen-bond acceptors (Lipinski definition) is 3. The second-order valence-corrected chi connectivity index (χ2v) is 5.51. The number of nitrogens with zero attached hydrogens (tertiary/aromatic N) is 3. The maximum absolute atomic E-state index is 13.0. The molecule has 0 spiro atoms. The van der Waals surface area contributed by atoms with E-state index in [9.17, 15) is 9.18 Å². The zero-order chi connectivity index (χ0) is 15.5. The SMILES string of the molecule is Cl.NCC1CCCCN1C(=O)c1ccn(-c2ccc(F)cc2)n1. The number of likely N-dealkylation sites (tertiary alicyclic amines) is 1. The molecule has 0 radical (unpaired) electrons. The summed E-state index contributed by atoms with van der Waals surface area (Å²) in [6.07, 6.45) is 4.76. The van der Waals surface area contributed by atoms with Crippen LogP contribution in [-0.4, -0.2) is 39.7 Å². The molecule has 0 bridgehead atoms. The van der Waals surface area contributed by atoms with Gasteiger partial charge in [0.2, 0.25) is 0 Å². The molecule has 2 N–H and O–H groups in total. The Balaban J connectivity index is 0.00000192. The predicted octanol–water partition coefficient (Wildman–Crippen LogP) is 2.39. The number of nitrogens with two attached hydrogens (primary N) is 1. The lowest BCUT2D eigenvalue weighted by Gasteiger charge is -2.34. The first-order valence-electron chi connectivity index (χ1n) is 7.51. The van der Waals surface area contributed by atoms with E-state index in [0.717, 1.165) is 31.5 Å². The Morgan fingerprint density at radius 3 is 2.70 bits per heavy atom. The van der Waals surface area contributed by atoms with Crippen LogP contribution in [0, 0.1) is 5.82 Å². The summed E-state index contributed by atoms with van der Waals surface area (Å²) in [5.74, 6) is -0.387. The predicted molar refractivity (Wildman–Crippen MR) is 88.5 cm³/mol. The molecule has 2 heterocycles. The Bertz CT molecular complexity index is 658. The average Bonchev–Trinajstić information content (AvgIpc) is 3.05. The van der Waals surface area contributed by atoms with Crippen molar-refractivity contribution in [3.63, 3.8) is 0 Å². The van der Waals surface area contributed by atoms with E-state index in [1.54, 1.807) is 29.1 Å². The lowest BCUT2D eigenvalue weighted by atomic mass is 10.0. The minimum Gasteiger partial charge on any atom is -0.333 e. The van der Waals surface area contributed by atoms with E-state index in [1.807, 2.05) is 4.90 Å². The van der Waals surface area contributed by atoms with E-state index in [2.05, 4.69) is 5.10 Å². The highest BCUT2D eigenvalue weighted by atomic mass is 35.5. The number of halogens is 2. The number of benzene rings is 1. The molecule has 1 aromatic carbocycles. The molecule has 23 heavy (non-hydrogen) atoms. The number of aromatic nitrogens is 2. The molecule has 7 heteroatoms. The molecule has 1 saturated heterocycles.